The smallest absolute Gasteiger partial charge is 0.313 e. The first-order chi connectivity index (χ1) is 7.92. The molecule has 0 aliphatic heterocycles. The summed E-state index contributed by atoms with van der Waals surface area (Å²) in [7, 11) is 1.76. The molecule has 0 aliphatic carbocycles. The first-order valence-corrected chi connectivity index (χ1v) is 6.21. The van der Waals surface area contributed by atoms with Gasteiger partial charge in [-0.2, -0.15) is 13.2 Å². The van der Waals surface area contributed by atoms with Crippen LogP contribution < -0.4 is 5.32 Å². The van der Waals surface area contributed by atoms with Crippen LogP contribution in [0.1, 0.15) is 30.9 Å². The van der Waals surface area contributed by atoms with Gasteiger partial charge in [-0.15, -0.1) is 0 Å². The highest BCUT2D eigenvalue weighted by atomic mass is 79.9. The van der Waals surface area contributed by atoms with Gasteiger partial charge in [-0.1, -0.05) is 28.1 Å². The Morgan fingerprint density at radius 3 is 2.59 bits per heavy atom. The van der Waals surface area contributed by atoms with Crippen LogP contribution in [0, 0.1) is 0 Å². The van der Waals surface area contributed by atoms with Crippen molar-refractivity contribution in [3.63, 3.8) is 0 Å². The molecule has 0 fully saturated rings. The molecule has 1 unspecified atom stereocenters. The Morgan fingerprint density at radius 1 is 1.35 bits per heavy atom. The van der Waals surface area contributed by atoms with Gasteiger partial charge in [0.1, 0.15) is 0 Å². The third kappa shape index (κ3) is 5.55. The van der Waals surface area contributed by atoms with E-state index in [9.17, 15) is 13.2 Å². The lowest BCUT2D eigenvalue weighted by Gasteiger charge is -2.17. The Morgan fingerprint density at radius 2 is 2.06 bits per heavy atom. The quantitative estimate of drug-likeness (QED) is 0.847. The van der Waals surface area contributed by atoms with Crippen molar-refractivity contribution in [3.05, 3.63) is 34.3 Å². The molecule has 0 saturated heterocycles. The van der Waals surface area contributed by atoms with Gasteiger partial charge in [0.25, 0.3) is 0 Å². The van der Waals surface area contributed by atoms with Gasteiger partial charge in [-0.05, 0) is 37.6 Å². The number of halogens is 4. The average molecular weight is 310 g/mol. The molecule has 1 aromatic carbocycles. The van der Waals surface area contributed by atoms with Crippen LogP contribution in [-0.4, -0.2) is 13.2 Å². The highest BCUT2D eigenvalue weighted by Gasteiger charge is 2.26. The number of rotatable bonds is 5. The maximum absolute atomic E-state index is 12.0. The SMILES string of the molecule is CNC(CCCC(F)(F)F)c1cccc(Br)c1. The van der Waals surface area contributed by atoms with Crippen molar-refractivity contribution in [2.75, 3.05) is 7.05 Å². The molecule has 0 aliphatic rings. The molecule has 0 amide bonds. The first-order valence-electron chi connectivity index (χ1n) is 5.42. The maximum Gasteiger partial charge on any atom is 0.389 e. The van der Waals surface area contributed by atoms with Crippen LogP contribution in [-0.2, 0) is 0 Å². The van der Waals surface area contributed by atoms with Crippen LogP contribution in [0.15, 0.2) is 28.7 Å². The predicted octanol–water partition coefficient (Wildman–Crippen LogP) is 4.44. The van der Waals surface area contributed by atoms with Gasteiger partial charge in [-0.3, -0.25) is 0 Å². The molecule has 1 nitrogen and oxygen atoms in total. The summed E-state index contributed by atoms with van der Waals surface area (Å²) in [5.74, 6) is 0. The maximum atomic E-state index is 12.0. The van der Waals surface area contributed by atoms with Crippen LogP contribution in [0.5, 0.6) is 0 Å². The van der Waals surface area contributed by atoms with Crippen LogP contribution >= 0.6 is 15.9 Å². The van der Waals surface area contributed by atoms with E-state index in [1.165, 1.54) is 0 Å². The van der Waals surface area contributed by atoms with Crippen molar-refractivity contribution in [2.24, 2.45) is 0 Å². The average Bonchev–Trinajstić information content (AvgIpc) is 2.23. The van der Waals surface area contributed by atoms with E-state index < -0.39 is 12.6 Å². The Kier molecular flexibility index (Phi) is 5.46. The van der Waals surface area contributed by atoms with E-state index in [1.54, 1.807) is 7.05 Å². The lowest BCUT2D eigenvalue weighted by molar-refractivity contribution is -0.135. The first kappa shape index (κ1) is 14.5. The second-order valence-electron chi connectivity index (χ2n) is 3.90. The van der Waals surface area contributed by atoms with Crippen LogP contribution in [0.4, 0.5) is 13.2 Å². The fourth-order valence-corrected chi connectivity index (χ4v) is 2.12. The molecule has 1 aromatic rings. The van der Waals surface area contributed by atoms with E-state index in [0.717, 1.165) is 10.0 Å². The molecule has 5 heteroatoms. The summed E-state index contributed by atoms with van der Waals surface area (Å²) in [5.41, 5.74) is 1.00. The van der Waals surface area contributed by atoms with E-state index in [1.807, 2.05) is 24.3 Å². The second-order valence-corrected chi connectivity index (χ2v) is 4.82. The van der Waals surface area contributed by atoms with Crippen LogP contribution in [0.3, 0.4) is 0 Å². The van der Waals surface area contributed by atoms with Crippen LogP contribution in [0.25, 0.3) is 0 Å². The summed E-state index contributed by atoms with van der Waals surface area (Å²) in [6, 6.07) is 7.59. The van der Waals surface area contributed by atoms with Crippen molar-refractivity contribution in [3.8, 4) is 0 Å². The van der Waals surface area contributed by atoms with Gasteiger partial charge in [0.05, 0.1) is 0 Å². The third-order valence-electron chi connectivity index (χ3n) is 2.55. The normalized spacial score (nSPS) is 13.7. The molecule has 0 spiro atoms. The second kappa shape index (κ2) is 6.40. The standard InChI is InChI=1S/C12H15BrF3N/c1-17-11(6-3-7-12(14,15)16)9-4-2-5-10(13)8-9/h2,4-5,8,11,17H,3,6-7H2,1H3. The summed E-state index contributed by atoms with van der Waals surface area (Å²) >= 11 is 3.35. The number of hydrogen-bond donors (Lipinski definition) is 1. The summed E-state index contributed by atoms with van der Waals surface area (Å²) in [5, 5.41) is 3.04. The molecule has 1 atom stereocenters. The van der Waals surface area contributed by atoms with Gasteiger partial charge < -0.3 is 5.32 Å². The minimum absolute atomic E-state index is 0.0325. The van der Waals surface area contributed by atoms with E-state index in [0.29, 0.717) is 6.42 Å². The van der Waals surface area contributed by atoms with E-state index in [2.05, 4.69) is 21.2 Å². The Hall–Kier alpha value is -0.550. The largest absolute Gasteiger partial charge is 0.389 e. The van der Waals surface area contributed by atoms with Gasteiger partial charge in [0.15, 0.2) is 0 Å². The van der Waals surface area contributed by atoms with Crippen molar-refractivity contribution < 1.29 is 13.2 Å². The molecular weight excluding hydrogens is 295 g/mol. The van der Waals surface area contributed by atoms with Crippen molar-refractivity contribution >= 4 is 15.9 Å². The zero-order valence-corrected chi connectivity index (χ0v) is 11.1. The lowest BCUT2D eigenvalue weighted by Crippen LogP contribution is -2.17. The van der Waals surface area contributed by atoms with Gasteiger partial charge in [0, 0.05) is 16.9 Å². The molecular formula is C12H15BrF3N. The summed E-state index contributed by atoms with van der Waals surface area (Å²) in [4.78, 5) is 0. The molecule has 1 N–H and O–H groups in total. The Labute approximate surface area is 108 Å². The number of nitrogens with one attached hydrogen (secondary N) is 1. The third-order valence-corrected chi connectivity index (χ3v) is 3.05. The van der Waals surface area contributed by atoms with Crippen molar-refractivity contribution in [1.82, 2.24) is 5.32 Å². The molecule has 96 valence electrons. The van der Waals surface area contributed by atoms with Crippen molar-refractivity contribution in [2.45, 2.75) is 31.5 Å². The molecule has 17 heavy (non-hydrogen) atoms. The van der Waals surface area contributed by atoms with E-state index in [-0.39, 0.29) is 12.5 Å². The fourth-order valence-electron chi connectivity index (χ4n) is 1.71. The predicted molar refractivity (Wildman–Crippen MR) is 65.8 cm³/mol. The number of alkyl halides is 3. The molecule has 0 radical (unpaired) electrons. The Balaban J connectivity index is 2.54. The number of hydrogen-bond acceptors (Lipinski definition) is 1. The van der Waals surface area contributed by atoms with Gasteiger partial charge >= 0.3 is 6.18 Å². The minimum atomic E-state index is -4.06. The topological polar surface area (TPSA) is 12.0 Å². The van der Waals surface area contributed by atoms with Gasteiger partial charge in [-0.25, -0.2) is 0 Å². The highest BCUT2D eigenvalue weighted by molar-refractivity contribution is 9.10. The zero-order chi connectivity index (χ0) is 12.9. The van der Waals surface area contributed by atoms with Gasteiger partial charge in [0.2, 0.25) is 0 Å². The molecule has 1 rings (SSSR count). The minimum Gasteiger partial charge on any atom is -0.313 e. The zero-order valence-electron chi connectivity index (χ0n) is 9.52. The molecule has 0 aromatic heterocycles. The Bertz CT molecular complexity index is 352. The number of benzene rings is 1. The molecule has 0 bridgehead atoms. The molecule has 0 saturated carbocycles. The summed E-state index contributed by atoms with van der Waals surface area (Å²) < 4.78 is 37.1. The summed E-state index contributed by atoms with van der Waals surface area (Å²) in [6.45, 7) is 0. The lowest BCUT2D eigenvalue weighted by atomic mass is 10.0. The molecule has 0 heterocycles. The van der Waals surface area contributed by atoms with E-state index in [4.69, 9.17) is 0 Å². The monoisotopic (exact) mass is 309 g/mol. The van der Waals surface area contributed by atoms with Crippen molar-refractivity contribution in [1.29, 1.82) is 0 Å². The summed E-state index contributed by atoms with van der Waals surface area (Å²) in [6.07, 6.45) is -4.16. The fraction of sp³-hybridized carbons (Fsp3) is 0.500. The highest BCUT2D eigenvalue weighted by Crippen LogP contribution is 2.27. The van der Waals surface area contributed by atoms with Crippen LogP contribution in [0.2, 0.25) is 0 Å². The van der Waals surface area contributed by atoms with E-state index >= 15 is 0 Å².